The number of pyridine rings is 3. The first-order valence-corrected chi connectivity index (χ1v) is 10.1. The van der Waals surface area contributed by atoms with E-state index < -0.39 is 0 Å². The van der Waals surface area contributed by atoms with E-state index >= 15 is 0 Å². The summed E-state index contributed by atoms with van der Waals surface area (Å²) >= 11 is 0. The van der Waals surface area contributed by atoms with Gasteiger partial charge >= 0.3 is 5.97 Å². The Bertz CT molecular complexity index is 893. The maximum absolute atomic E-state index is 12.3. The van der Waals surface area contributed by atoms with Crippen molar-refractivity contribution in [1.29, 1.82) is 0 Å². The molecule has 0 saturated heterocycles. The Morgan fingerprint density at radius 3 is 2.10 bits per heavy atom. The molecule has 6 heteroatoms. The number of esters is 1. The molecule has 0 fully saturated rings. The van der Waals surface area contributed by atoms with Crippen molar-refractivity contribution in [3.63, 3.8) is 0 Å². The fourth-order valence-corrected chi connectivity index (χ4v) is 3.43. The molecular weight excluding hydrogens is 376 g/mol. The molecule has 0 unspecified atom stereocenters. The number of ether oxygens (including phenoxy) is 1. The van der Waals surface area contributed by atoms with Gasteiger partial charge in [0.15, 0.2) is 0 Å². The van der Waals surface area contributed by atoms with Crippen molar-refractivity contribution in [3.05, 3.63) is 89.8 Å². The Morgan fingerprint density at radius 2 is 1.57 bits per heavy atom. The van der Waals surface area contributed by atoms with Crippen LogP contribution in [-0.2, 0) is 22.5 Å². The van der Waals surface area contributed by atoms with Crippen molar-refractivity contribution >= 4 is 5.97 Å². The fourth-order valence-electron chi connectivity index (χ4n) is 3.43. The highest BCUT2D eigenvalue weighted by molar-refractivity contribution is 5.71. The molecule has 156 valence electrons. The van der Waals surface area contributed by atoms with Gasteiger partial charge in [-0.1, -0.05) is 32.0 Å². The number of carbonyl (C=O) groups excluding carboxylic acids is 1. The van der Waals surface area contributed by atoms with Crippen molar-refractivity contribution in [2.75, 3.05) is 13.7 Å². The number of carbonyl (C=O) groups is 1. The number of aromatic nitrogens is 3. The van der Waals surface area contributed by atoms with Crippen LogP contribution in [0.5, 0.6) is 0 Å². The summed E-state index contributed by atoms with van der Waals surface area (Å²) in [7, 11) is 1.40. The summed E-state index contributed by atoms with van der Waals surface area (Å²) < 4.78 is 4.97. The molecule has 3 aromatic heterocycles. The monoisotopic (exact) mass is 404 g/mol. The van der Waals surface area contributed by atoms with Crippen LogP contribution in [0.15, 0.2) is 67.0 Å². The first-order valence-electron chi connectivity index (χ1n) is 10.1. The van der Waals surface area contributed by atoms with E-state index in [-0.39, 0.29) is 18.6 Å². The summed E-state index contributed by atoms with van der Waals surface area (Å²) in [4.78, 5) is 28.2. The second kappa shape index (κ2) is 10.6. The first-order chi connectivity index (χ1) is 14.6. The second-order valence-electron chi connectivity index (χ2n) is 7.61. The van der Waals surface area contributed by atoms with E-state index in [9.17, 15) is 4.79 Å². The van der Waals surface area contributed by atoms with Gasteiger partial charge in [0.2, 0.25) is 0 Å². The van der Waals surface area contributed by atoms with Gasteiger partial charge in [-0.05, 0) is 48.7 Å². The topological polar surface area (TPSA) is 68.2 Å². The molecule has 0 radical (unpaired) electrons. The van der Waals surface area contributed by atoms with Crippen molar-refractivity contribution < 1.29 is 9.53 Å². The van der Waals surface area contributed by atoms with Crippen LogP contribution in [0.2, 0.25) is 0 Å². The zero-order chi connectivity index (χ0) is 21.3. The van der Waals surface area contributed by atoms with E-state index in [0.29, 0.717) is 12.5 Å². The largest absolute Gasteiger partial charge is 0.468 e. The predicted molar refractivity (Wildman–Crippen MR) is 116 cm³/mol. The molecule has 30 heavy (non-hydrogen) atoms. The molecule has 0 aliphatic carbocycles. The molecule has 0 amide bonds. The van der Waals surface area contributed by atoms with Gasteiger partial charge in [0.1, 0.15) is 0 Å². The summed E-state index contributed by atoms with van der Waals surface area (Å²) in [5, 5.41) is 0. The molecule has 0 aliphatic rings. The van der Waals surface area contributed by atoms with Crippen molar-refractivity contribution in [3.8, 4) is 0 Å². The molecular formula is C24H28N4O2. The quantitative estimate of drug-likeness (QED) is 0.505. The molecule has 3 aromatic rings. The third kappa shape index (κ3) is 5.94. The van der Waals surface area contributed by atoms with Crippen LogP contribution >= 0.6 is 0 Å². The van der Waals surface area contributed by atoms with Crippen LogP contribution in [0.4, 0.5) is 0 Å². The number of rotatable bonds is 9. The van der Waals surface area contributed by atoms with E-state index in [0.717, 1.165) is 29.2 Å². The third-order valence-electron chi connectivity index (χ3n) is 4.71. The fraction of sp³-hybridized carbons (Fsp3) is 0.333. The van der Waals surface area contributed by atoms with E-state index in [1.165, 1.54) is 7.11 Å². The zero-order valence-corrected chi connectivity index (χ0v) is 17.7. The molecule has 0 atom stereocenters. The van der Waals surface area contributed by atoms with E-state index in [1.807, 2.05) is 59.5 Å². The van der Waals surface area contributed by atoms with Gasteiger partial charge in [0.05, 0.1) is 36.8 Å². The summed E-state index contributed by atoms with van der Waals surface area (Å²) in [6.07, 6.45) is 4.42. The number of hydrogen-bond acceptors (Lipinski definition) is 6. The number of methoxy groups -OCH3 is 1. The maximum atomic E-state index is 12.3. The molecule has 6 nitrogen and oxygen atoms in total. The van der Waals surface area contributed by atoms with E-state index in [4.69, 9.17) is 9.72 Å². The van der Waals surface area contributed by atoms with Gasteiger partial charge < -0.3 is 4.74 Å². The van der Waals surface area contributed by atoms with Gasteiger partial charge in [-0.25, -0.2) is 0 Å². The van der Waals surface area contributed by atoms with Gasteiger partial charge in [-0.15, -0.1) is 0 Å². The lowest BCUT2D eigenvalue weighted by Crippen LogP contribution is -2.35. The molecule has 0 aromatic carbocycles. The Hall–Kier alpha value is -3.12. The van der Waals surface area contributed by atoms with Gasteiger partial charge in [0.25, 0.3) is 0 Å². The summed E-state index contributed by atoms with van der Waals surface area (Å²) in [5.41, 5.74) is 3.58. The minimum atomic E-state index is -0.315. The maximum Gasteiger partial charge on any atom is 0.319 e. The van der Waals surface area contributed by atoms with Crippen LogP contribution in [0.3, 0.4) is 0 Å². The molecule has 3 heterocycles. The van der Waals surface area contributed by atoms with Crippen LogP contribution in [0.1, 0.15) is 42.7 Å². The number of hydrogen-bond donors (Lipinski definition) is 0. The van der Waals surface area contributed by atoms with E-state index in [1.54, 1.807) is 12.4 Å². The van der Waals surface area contributed by atoms with E-state index in [2.05, 4.69) is 23.8 Å². The first kappa shape index (κ1) is 21.6. The van der Waals surface area contributed by atoms with Gasteiger partial charge in [-0.2, -0.15) is 0 Å². The lowest BCUT2D eigenvalue weighted by molar-refractivity contribution is -0.142. The summed E-state index contributed by atoms with van der Waals surface area (Å²) in [5.74, 6) is 0.207. The molecule has 0 saturated carbocycles. The average molecular weight is 405 g/mol. The smallest absolute Gasteiger partial charge is 0.319 e. The standard InChI is InChI=1S/C24H28N4O2/c1-18(2)15-19-9-8-10-20(27-19)16-28(17-23(29)30-3)24(21-11-4-6-13-25-21)22-12-5-7-14-26-22/h4-14,18,24H,15-17H2,1-3H3. The normalized spacial score (nSPS) is 11.3. The summed E-state index contributed by atoms with van der Waals surface area (Å²) in [6, 6.07) is 17.3. The lowest BCUT2D eigenvalue weighted by atomic mass is 10.1. The predicted octanol–water partition coefficient (Wildman–Crippen LogP) is 3.83. The van der Waals surface area contributed by atoms with Crippen molar-refractivity contribution in [2.45, 2.75) is 32.9 Å². The molecule has 0 aliphatic heterocycles. The highest BCUT2D eigenvalue weighted by Gasteiger charge is 2.27. The minimum absolute atomic E-state index is 0.102. The second-order valence-corrected chi connectivity index (χ2v) is 7.61. The van der Waals surface area contributed by atoms with Crippen molar-refractivity contribution in [2.24, 2.45) is 5.92 Å². The van der Waals surface area contributed by atoms with Gasteiger partial charge in [0, 0.05) is 24.6 Å². The van der Waals surface area contributed by atoms with Crippen LogP contribution in [0.25, 0.3) is 0 Å². The Balaban J connectivity index is 1.99. The van der Waals surface area contributed by atoms with Crippen molar-refractivity contribution in [1.82, 2.24) is 19.9 Å². The molecule has 0 N–H and O–H groups in total. The molecule has 3 rings (SSSR count). The zero-order valence-electron chi connectivity index (χ0n) is 17.7. The average Bonchev–Trinajstić information content (AvgIpc) is 2.75. The Kier molecular flexibility index (Phi) is 7.63. The highest BCUT2D eigenvalue weighted by atomic mass is 16.5. The Labute approximate surface area is 178 Å². The summed E-state index contributed by atoms with van der Waals surface area (Å²) in [6.45, 7) is 4.93. The van der Waals surface area contributed by atoms with Crippen LogP contribution in [0, 0.1) is 5.92 Å². The van der Waals surface area contributed by atoms with Crippen LogP contribution in [-0.4, -0.2) is 39.5 Å². The number of nitrogens with zero attached hydrogens (tertiary/aromatic N) is 4. The van der Waals surface area contributed by atoms with Gasteiger partial charge in [-0.3, -0.25) is 24.6 Å². The SMILES string of the molecule is COC(=O)CN(Cc1cccc(CC(C)C)n1)C(c1ccccn1)c1ccccn1. The third-order valence-corrected chi connectivity index (χ3v) is 4.71. The molecule has 0 spiro atoms. The highest BCUT2D eigenvalue weighted by Crippen LogP contribution is 2.27. The van der Waals surface area contributed by atoms with Crippen LogP contribution < -0.4 is 0 Å². The Morgan fingerprint density at radius 1 is 0.933 bits per heavy atom. The molecule has 0 bridgehead atoms. The minimum Gasteiger partial charge on any atom is -0.468 e. The lowest BCUT2D eigenvalue weighted by Gasteiger charge is -2.30.